The van der Waals surface area contributed by atoms with Gasteiger partial charge in [0.1, 0.15) is 22.3 Å². The number of ether oxygens (including phenoxy) is 1. The summed E-state index contributed by atoms with van der Waals surface area (Å²) in [6.45, 7) is 6.31. The number of amides is 1. The van der Waals surface area contributed by atoms with E-state index < -0.39 is 22.7 Å². The number of benzene rings is 2. The molecule has 0 aliphatic heterocycles. The van der Waals surface area contributed by atoms with Gasteiger partial charge in [0, 0.05) is 25.1 Å². The van der Waals surface area contributed by atoms with Gasteiger partial charge in [0.2, 0.25) is 0 Å². The van der Waals surface area contributed by atoms with Gasteiger partial charge in [-0.3, -0.25) is 4.79 Å². The first kappa shape index (κ1) is 26.9. The van der Waals surface area contributed by atoms with Crippen molar-refractivity contribution < 1.29 is 23.6 Å². The molecule has 0 fully saturated rings. The lowest BCUT2D eigenvalue weighted by Gasteiger charge is -2.27. The molecule has 0 aromatic heterocycles. The number of unbranched alkanes of at least 4 members (excludes halogenated alkanes) is 1. The second kappa shape index (κ2) is 11.8. The Morgan fingerprint density at radius 3 is 2.54 bits per heavy atom. The summed E-state index contributed by atoms with van der Waals surface area (Å²) >= 11 is 0. The van der Waals surface area contributed by atoms with E-state index in [0.717, 1.165) is 36.0 Å². The molecular weight excluding hydrogens is 464 g/mol. The van der Waals surface area contributed by atoms with Crippen LogP contribution >= 0.6 is 0 Å². The molecule has 0 spiro atoms. The summed E-state index contributed by atoms with van der Waals surface area (Å²) in [5, 5.41) is 15.7. The van der Waals surface area contributed by atoms with Gasteiger partial charge >= 0.3 is 6.09 Å². The van der Waals surface area contributed by atoms with Gasteiger partial charge < -0.3 is 14.7 Å². The molecule has 190 valence electrons. The molecule has 8 heteroatoms. The van der Waals surface area contributed by atoms with E-state index in [1.807, 2.05) is 39.0 Å². The fraction of sp³-hybridized carbons (Fsp3) is 0.481. The normalized spacial score (nSPS) is 13.8. The maximum atomic E-state index is 12.9. The number of nitrogens with two attached hydrogens (primary N) is 1. The quantitative estimate of drug-likeness (QED) is 0.363. The van der Waals surface area contributed by atoms with Gasteiger partial charge in [0.25, 0.3) is 0 Å². The Hall–Kier alpha value is -2.71. The zero-order chi connectivity index (χ0) is 25.6. The highest BCUT2D eigenvalue weighted by atomic mass is 32.2. The lowest BCUT2D eigenvalue weighted by molar-refractivity contribution is 0.0249. The molecule has 2 aromatic rings. The van der Waals surface area contributed by atoms with Gasteiger partial charge in [-0.15, -0.1) is 0 Å². The number of phenols is 1. The molecule has 0 heterocycles. The van der Waals surface area contributed by atoms with E-state index in [9.17, 15) is 18.9 Å². The highest BCUT2D eigenvalue weighted by Crippen LogP contribution is 2.29. The van der Waals surface area contributed by atoms with Crippen LogP contribution in [0.4, 0.5) is 4.79 Å². The maximum Gasteiger partial charge on any atom is 0.410 e. The SMILES string of the molecule is CC(C)(C)OC(=O)N(CCCCC(=O)c1cc2c(c(S(N)=O)c1)CCC2)CCc1ccccc1O. The van der Waals surface area contributed by atoms with E-state index in [-0.39, 0.29) is 11.5 Å². The van der Waals surface area contributed by atoms with Crippen LogP contribution in [0.25, 0.3) is 0 Å². The van der Waals surface area contributed by atoms with E-state index in [1.54, 1.807) is 23.1 Å². The van der Waals surface area contributed by atoms with Crippen LogP contribution in [0, 0.1) is 0 Å². The van der Waals surface area contributed by atoms with Crippen LogP contribution in [0.5, 0.6) is 5.75 Å². The van der Waals surface area contributed by atoms with Crippen LogP contribution < -0.4 is 5.14 Å². The summed E-state index contributed by atoms with van der Waals surface area (Å²) in [7, 11) is -1.61. The number of Topliss-reactive ketones (excluding diaryl/α,β-unsaturated/α-hetero) is 1. The smallest absolute Gasteiger partial charge is 0.410 e. The minimum absolute atomic E-state index is 0.00979. The number of carbonyl (C=O) groups excluding carboxylic acids is 2. The molecule has 0 saturated heterocycles. The van der Waals surface area contributed by atoms with Gasteiger partial charge in [-0.25, -0.2) is 14.1 Å². The van der Waals surface area contributed by atoms with Crippen molar-refractivity contribution >= 4 is 22.9 Å². The van der Waals surface area contributed by atoms with E-state index >= 15 is 0 Å². The fourth-order valence-corrected chi connectivity index (χ4v) is 5.06. The first-order valence-electron chi connectivity index (χ1n) is 12.1. The standard InChI is InChI=1S/C27H36N2O5S/c1-27(2,3)34-26(32)29(16-14-19-9-4-5-12-23(19)30)15-7-6-13-24(31)21-17-20-10-8-11-22(20)25(18-21)35(28)33/h4-5,9,12,17-18,30H,6-8,10-11,13-16,28H2,1-3H3. The van der Waals surface area contributed by atoms with Crippen molar-refractivity contribution in [2.45, 2.75) is 76.2 Å². The van der Waals surface area contributed by atoms with Gasteiger partial charge in [0.05, 0.1) is 4.90 Å². The zero-order valence-corrected chi connectivity index (χ0v) is 21.7. The average Bonchev–Trinajstić information content (AvgIpc) is 3.26. The van der Waals surface area contributed by atoms with Gasteiger partial charge in [-0.1, -0.05) is 18.2 Å². The average molecular weight is 501 g/mol. The van der Waals surface area contributed by atoms with Crippen LogP contribution in [-0.2, 0) is 35.0 Å². The summed E-state index contributed by atoms with van der Waals surface area (Å²) in [5.74, 6) is 0.193. The summed E-state index contributed by atoms with van der Waals surface area (Å²) in [6, 6.07) is 10.7. The molecule has 0 bridgehead atoms. The first-order valence-corrected chi connectivity index (χ1v) is 13.4. The maximum absolute atomic E-state index is 12.9. The second-order valence-electron chi connectivity index (χ2n) is 9.99. The minimum Gasteiger partial charge on any atom is -0.508 e. The molecule has 0 radical (unpaired) electrons. The number of hydrogen-bond donors (Lipinski definition) is 2. The number of rotatable bonds is 10. The Morgan fingerprint density at radius 2 is 1.86 bits per heavy atom. The van der Waals surface area contributed by atoms with E-state index in [0.29, 0.717) is 49.2 Å². The third kappa shape index (κ3) is 7.64. The van der Waals surface area contributed by atoms with Crippen LogP contribution in [0.15, 0.2) is 41.3 Å². The van der Waals surface area contributed by atoms with E-state index in [2.05, 4.69) is 0 Å². The highest BCUT2D eigenvalue weighted by molar-refractivity contribution is 7.82. The number of phenolic OH excluding ortho intramolecular Hbond substituents is 1. The monoisotopic (exact) mass is 500 g/mol. The molecule has 7 nitrogen and oxygen atoms in total. The molecule has 3 N–H and O–H groups in total. The Balaban J connectivity index is 1.59. The highest BCUT2D eigenvalue weighted by Gasteiger charge is 2.23. The summed E-state index contributed by atoms with van der Waals surface area (Å²) in [5.41, 5.74) is 2.81. The lowest BCUT2D eigenvalue weighted by Crippen LogP contribution is -2.38. The van der Waals surface area contributed by atoms with Gasteiger partial charge in [-0.2, -0.15) is 0 Å². The number of ketones is 1. The van der Waals surface area contributed by atoms with Crippen LogP contribution in [0.3, 0.4) is 0 Å². The van der Waals surface area contributed by atoms with Crippen molar-refractivity contribution in [2.75, 3.05) is 13.1 Å². The number of carbonyl (C=O) groups is 2. The molecule has 1 amide bonds. The Labute approximate surface area is 210 Å². The Bertz CT molecular complexity index is 1090. The van der Waals surface area contributed by atoms with Crippen molar-refractivity contribution in [2.24, 2.45) is 5.14 Å². The fourth-order valence-electron chi connectivity index (χ4n) is 4.34. The topological polar surface area (TPSA) is 110 Å². The predicted octanol–water partition coefficient (Wildman–Crippen LogP) is 4.70. The van der Waals surface area contributed by atoms with E-state index in [1.165, 1.54) is 0 Å². The van der Waals surface area contributed by atoms with Crippen molar-refractivity contribution in [3.05, 3.63) is 58.7 Å². The number of para-hydroxylation sites is 1. The van der Waals surface area contributed by atoms with Crippen molar-refractivity contribution in [1.82, 2.24) is 4.90 Å². The molecule has 0 saturated carbocycles. The van der Waals surface area contributed by atoms with Gasteiger partial charge in [-0.05, 0) is 94.2 Å². The Morgan fingerprint density at radius 1 is 1.11 bits per heavy atom. The summed E-state index contributed by atoms with van der Waals surface area (Å²) < 4.78 is 17.5. The summed E-state index contributed by atoms with van der Waals surface area (Å²) in [4.78, 5) is 27.8. The largest absolute Gasteiger partial charge is 0.508 e. The molecule has 35 heavy (non-hydrogen) atoms. The zero-order valence-electron chi connectivity index (χ0n) is 20.8. The molecule has 2 aromatic carbocycles. The number of nitrogens with zero attached hydrogens (tertiary/aromatic N) is 1. The third-order valence-electron chi connectivity index (χ3n) is 6.09. The number of aryl methyl sites for hydroxylation is 1. The molecule has 1 aliphatic rings. The Kier molecular flexibility index (Phi) is 9.08. The first-order chi connectivity index (χ1) is 16.5. The number of fused-ring (bicyclic) bond motifs is 1. The van der Waals surface area contributed by atoms with Crippen LogP contribution in [0.2, 0.25) is 0 Å². The summed E-state index contributed by atoms with van der Waals surface area (Å²) in [6.07, 6.45) is 4.37. The molecule has 3 rings (SSSR count). The number of aromatic hydroxyl groups is 1. The number of hydrogen-bond acceptors (Lipinski definition) is 5. The third-order valence-corrected chi connectivity index (χ3v) is 6.89. The van der Waals surface area contributed by atoms with Crippen molar-refractivity contribution in [3.63, 3.8) is 0 Å². The molecule has 1 atom stereocenters. The molecule has 1 unspecified atom stereocenters. The molecule has 1 aliphatic carbocycles. The minimum atomic E-state index is -1.61. The van der Waals surface area contributed by atoms with Gasteiger partial charge in [0.15, 0.2) is 5.78 Å². The van der Waals surface area contributed by atoms with Crippen molar-refractivity contribution in [3.8, 4) is 5.75 Å². The predicted molar refractivity (Wildman–Crippen MR) is 137 cm³/mol. The lowest BCUT2D eigenvalue weighted by atomic mass is 10.0. The van der Waals surface area contributed by atoms with Crippen LogP contribution in [0.1, 0.15) is 73.5 Å². The molecular formula is C27H36N2O5S. The second-order valence-corrected chi connectivity index (χ2v) is 11.0. The van der Waals surface area contributed by atoms with E-state index in [4.69, 9.17) is 9.88 Å². The van der Waals surface area contributed by atoms with Crippen LogP contribution in [-0.4, -0.2) is 44.8 Å². The van der Waals surface area contributed by atoms with Crippen molar-refractivity contribution in [1.29, 1.82) is 0 Å².